The van der Waals surface area contributed by atoms with Crippen molar-refractivity contribution in [2.24, 2.45) is 28.6 Å². The monoisotopic (exact) mass is 378 g/mol. The zero-order valence-corrected chi connectivity index (χ0v) is 16.0. The van der Waals surface area contributed by atoms with Gasteiger partial charge in [0.2, 0.25) is 0 Å². The zero-order valence-electron chi connectivity index (χ0n) is 16.0. The van der Waals surface area contributed by atoms with Gasteiger partial charge in [-0.05, 0) is 67.8 Å². The number of ketones is 2. The van der Waals surface area contributed by atoms with Crippen molar-refractivity contribution in [2.75, 3.05) is 6.61 Å². The molecule has 4 aliphatic rings. The molecule has 0 heterocycles. The Kier molecular flexibility index (Phi) is 4.25. The van der Waals surface area contributed by atoms with Crippen molar-refractivity contribution in [3.8, 4) is 0 Å². The molecule has 0 bridgehead atoms. The highest BCUT2D eigenvalue weighted by molar-refractivity contribution is 5.95. The lowest BCUT2D eigenvalue weighted by atomic mass is 9.45. The highest BCUT2D eigenvalue weighted by Gasteiger charge is 2.68. The van der Waals surface area contributed by atoms with Crippen LogP contribution in [0, 0.1) is 28.6 Å². The molecule has 0 spiro atoms. The first-order valence-corrected chi connectivity index (χ1v) is 10.1. The van der Waals surface area contributed by atoms with Gasteiger partial charge in [-0.15, -0.1) is 0 Å². The van der Waals surface area contributed by atoms with E-state index in [1.807, 2.05) is 13.8 Å². The third-order valence-electron chi connectivity index (χ3n) is 8.69. The van der Waals surface area contributed by atoms with Gasteiger partial charge >= 0.3 is 0 Å². The second-order valence-corrected chi connectivity index (χ2v) is 9.71. The number of aliphatic hydroxyl groups excluding tert-OH is 3. The minimum Gasteiger partial charge on any atom is -0.393 e. The summed E-state index contributed by atoms with van der Waals surface area (Å²) in [6.07, 6.45) is 2.94. The number of aliphatic hydroxyl groups is 4. The summed E-state index contributed by atoms with van der Waals surface area (Å²) >= 11 is 0. The molecule has 0 aliphatic heterocycles. The molecule has 4 N–H and O–H groups in total. The zero-order chi connectivity index (χ0) is 19.8. The SMILES string of the molecule is C[C@]12C[C@@H](O)C(=O)C=C1CC[C@@H]1[C@@H]2[C@H](O)C[C@@]2(C)[C@H]1CC[C@@]2(O)C(=O)CO. The number of Topliss-reactive ketones (excluding diaryl/α,β-unsaturated/α-hetero) is 1. The summed E-state index contributed by atoms with van der Waals surface area (Å²) in [5, 5.41) is 41.9. The van der Waals surface area contributed by atoms with Crippen LogP contribution >= 0.6 is 0 Å². The molecule has 0 aromatic heterocycles. The Hall–Kier alpha value is -1.08. The Balaban J connectivity index is 1.74. The lowest BCUT2D eigenvalue weighted by Crippen LogP contribution is -2.62. The number of hydrogen-bond donors (Lipinski definition) is 4. The topological polar surface area (TPSA) is 115 Å². The van der Waals surface area contributed by atoms with Crippen molar-refractivity contribution in [1.82, 2.24) is 0 Å². The van der Waals surface area contributed by atoms with Crippen LogP contribution in [0.3, 0.4) is 0 Å². The average Bonchev–Trinajstić information content (AvgIpc) is 2.87. The minimum absolute atomic E-state index is 0.0690. The van der Waals surface area contributed by atoms with Gasteiger partial charge in [0.05, 0.1) is 6.10 Å². The largest absolute Gasteiger partial charge is 0.393 e. The first kappa shape index (κ1) is 19.2. The van der Waals surface area contributed by atoms with Gasteiger partial charge in [-0.3, -0.25) is 9.59 Å². The Labute approximate surface area is 159 Å². The van der Waals surface area contributed by atoms with Crippen molar-refractivity contribution < 1.29 is 30.0 Å². The van der Waals surface area contributed by atoms with Gasteiger partial charge in [-0.25, -0.2) is 0 Å². The van der Waals surface area contributed by atoms with E-state index in [9.17, 15) is 30.0 Å². The van der Waals surface area contributed by atoms with Crippen LogP contribution in [0.15, 0.2) is 11.6 Å². The van der Waals surface area contributed by atoms with E-state index in [4.69, 9.17) is 0 Å². The Morgan fingerprint density at radius 3 is 2.59 bits per heavy atom. The van der Waals surface area contributed by atoms with Crippen LogP contribution in [0.5, 0.6) is 0 Å². The van der Waals surface area contributed by atoms with E-state index in [-0.39, 0.29) is 30.0 Å². The number of carbonyl (C=O) groups excluding carboxylic acids is 2. The van der Waals surface area contributed by atoms with Gasteiger partial charge in [-0.2, -0.15) is 0 Å². The molecule has 0 unspecified atom stereocenters. The predicted octanol–water partition coefficient (Wildman–Crippen LogP) is 0.752. The molecule has 150 valence electrons. The van der Waals surface area contributed by atoms with Crippen LogP contribution in [-0.4, -0.2) is 56.4 Å². The lowest BCUT2D eigenvalue weighted by molar-refractivity contribution is -0.184. The number of hydrogen-bond acceptors (Lipinski definition) is 6. The molecular formula is C21H30O6. The van der Waals surface area contributed by atoms with E-state index in [1.54, 1.807) is 6.08 Å². The molecule has 0 aromatic rings. The van der Waals surface area contributed by atoms with Crippen molar-refractivity contribution in [3.63, 3.8) is 0 Å². The smallest absolute Gasteiger partial charge is 0.190 e. The maximum Gasteiger partial charge on any atom is 0.190 e. The van der Waals surface area contributed by atoms with Crippen LogP contribution in [0.25, 0.3) is 0 Å². The molecule has 4 aliphatic carbocycles. The summed E-state index contributed by atoms with van der Waals surface area (Å²) in [5.41, 5.74) is -1.80. The molecule has 0 amide bonds. The van der Waals surface area contributed by atoms with Crippen molar-refractivity contribution >= 4 is 11.6 Å². The first-order chi connectivity index (χ1) is 12.6. The normalized spacial score (nSPS) is 51.9. The summed E-state index contributed by atoms with van der Waals surface area (Å²) in [6, 6.07) is 0. The van der Waals surface area contributed by atoms with Crippen LogP contribution in [0.4, 0.5) is 0 Å². The van der Waals surface area contributed by atoms with Gasteiger partial charge < -0.3 is 20.4 Å². The van der Waals surface area contributed by atoms with E-state index < -0.39 is 41.0 Å². The Morgan fingerprint density at radius 1 is 1.22 bits per heavy atom. The molecule has 8 atom stereocenters. The van der Waals surface area contributed by atoms with Crippen molar-refractivity contribution in [2.45, 2.75) is 70.2 Å². The highest BCUT2D eigenvalue weighted by Crippen LogP contribution is 2.67. The number of carbonyl (C=O) groups is 2. The van der Waals surface area contributed by atoms with Gasteiger partial charge in [0.15, 0.2) is 11.6 Å². The van der Waals surface area contributed by atoms with Gasteiger partial charge in [0.1, 0.15) is 18.3 Å². The van der Waals surface area contributed by atoms with Crippen LogP contribution < -0.4 is 0 Å². The second-order valence-electron chi connectivity index (χ2n) is 9.71. The lowest BCUT2D eigenvalue weighted by Gasteiger charge is -2.60. The Morgan fingerprint density at radius 2 is 1.93 bits per heavy atom. The molecule has 4 rings (SSSR count). The number of fused-ring (bicyclic) bond motifs is 5. The van der Waals surface area contributed by atoms with E-state index >= 15 is 0 Å². The van der Waals surface area contributed by atoms with E-state index in [1.165, 1.54) is 0 Å². The molecule has 0 radical (unpaired) electrons. The Bertz CT molecular complexity index is 715. The molecule has 0 saturated heterocycles. The fourth-order valence-corrected chi connectivity index (χ4v) is 7.34. The summed E-state index contributed by atoms with van der Waals surface area (Å²) in [7, 11) is 0. The van der Waals surface area contributed by atoms with Gasteiger partial charge in [0.25, 0.3) is 0 Å². The van der Waals surface area contributed by atoms with Gasteiger partial charge in [0, 0.05) is 5.41 Å². The van der Waals surface area contributed by atoms with E-state index in [0.717, 1.165) is 18.4 Å². The van der Waals surface area contributed by atoms with Crippen molar-refractivity contribution in [3.05, 3.63) is 11.6 Å². The summed E-state index contributed by atoms with van der Waals surface area (Å²) in [5.74, 6) is -0.731. The maximum atomic E-state index is 12.4. The van der Waals surface area contributed by atoms with Crippen LogP contribution in [0.1, 0.15) is 52.4 Å². The summed E-state index contributed by atoms with van der Waals surface area (Å²) < 4.78 is 0. The minimum atomic E-state index is -1.60. The molecule has 6 heteroatoms. The third kappa shape index (κ3) is 2.33. The fraction of sp³-hybridized carbons (Fsp3) is 0.810. The van der Waals surface area contributed by atoms with E-state index in [2.05, 4.69) is 0 Å². The second kappa shape index (κ2) is 5.96. The fourth-order valence-electron chi connectivity index (χ4n) is 7.34. The quantitative estimate of drug-likeness (QED) is 0.564. The third-order valence-corrected chi connectivity index (χ3v) is 8.69. The number of allylic oxidation sites excluding steroid dienone is 1. The molecule has 6 nitrogen and oxygen atoms in total. The van der Waals surface area contributed by atoms with Crippen molar-refractivity contribution in [1.29, 1.82) is 0 Å². The molecular weight excluding hydrogens is 348 g/mol. The van der Waals surface area contributed by atoms with E-state index in [0.29, 0.717) is 19.3 Å². The molecule has 27 heavy (non-hydrogen) atoms. The summed E-state index contributed by atoms with van der Waals surface area (Å²) in [4.78, 5) is 24.3. The van der Waals surface area contributed by atoms with Gasteiger partial charge in [-0.1, -0.05) is 19.4 Å². The highest BCUT2D eigenvalue weighted by atomic mass is 16.3. The molecule has 0 aromatic carbocycles. The predicted molar refractivity (Wildman–Crippen MR) is 96.5 cm³/mol. The average molecular weight is 378 g/mol. The number of rotatable bonds is 2. The van der Waals surface area contributed by atoms with Crippen LogP contribution in [0.2, 0.25) is 0 Å². The molecule has 3 saturated carbocycles. The molecule has 3 fully saturated rings. The van der Waals surface area contributed by atoms with Crippen LogP contribution in [-0.2, 0) is 9.59 Å². The first-order valence-electron chi connectivity index (χ1n) is 10.1. The standard InChI is InChI=1S/C21H30O6/c1-19-8-15(24)14(23)7-11(19)3-4-12-13-5-6-21(27,17(26)10-22)20(13,2)9-16(25)18(12)19/h7,12-13,15-16,18,22,24-25,27H,3-6,8-10H2,1-2H3/t12-,13-,15+,16+,18+,19-,20-,21+/m0/s1. The maximum absolute atomic E-state index is 12.4. The summed E-state index contributed by atoms with van der Waals surface area (Å²) in [6.45, 7) is 3.23.